The largest absolute Gasteiger partial charge is 0.494 e. The van der Waals surface area contributed by atoms with Gasteiger partial charge < -0.3 is 14.8 Å². The van der Waals surface area contributed by atoms with Gasteiger partial charge in [-0.2, -0.15) is 0 Å². The Labute approximate surface area is 182 Å². The highest BCUT2D eigenvalue weighted by Crippen LogP contribution is 2.22. The standard InChI is InChI=1S/C24H29FN2O4/c1-2-31-21-9-5-19(6-10-21)23(28)11-12-24(29)26-17-22(27-13-15-30-16-14-27)18-3-7-20(25)8-4-18/h3-10,22H,2,11-17H2,1H3,(H,26,29). The highest BCUT2D eigenvalue weighted by Gasteiger charge is 2.23. The van der Waals surface area contributed by atoms with Crippen LogP contribution in [0.2, 0.25) is 0 Å². The molecule has 6 nitrogen and oxygen atoms in total. The molecule has 0 saturated carbocycles. The number of nitrogens with one attached hydrogen (secondary N) is 1. The van der Waals surface area contributed by atoms with Crippen LogP contribution in [0.3, 0.4) is 0 Å². The molecule has 1 amide bonds. The Hall–Kier alpha value is -2.77. The average Bonchev–Trinajstić information content (AvgIpc) is 2.80. The summed E-state index contributed by atoms with van der Waals surface area (Å²) in [5.74, 6) is 0.161. The highest BCUT2D eigenvalue weighted by molar-refractivity contribution is 5.98. The summed E-state index contributed by atoms with van der Waals surface area (Å²) in [5.41, 5.74) is 1.50. The van der Waals surface area contributed by atoms with Crippen molar-refractivity contribution in [2.75, 3.05) is 39.5 Å². The first-order valence-electron chi connectivity index (χ1n) is 10.7. The van der Waals surface area contributed by atoms with Gasteiger partial charge in [0.25, 0.3) is 0 Å². The molecule has 0 radical (unpaired) electrons. The second-order valence-electron chi connectivity index (χ2n) is 7.40. The number of rotatable bonds is 10. The summed E-state index contributed by atoms with van der Waals surface area (Å²) in [5, 5.41) is 2.94. The van der Waals surface area contributed by atoms with Crippen molar-refractivity contribution in [3.63, 3.8) is 0 Å². The number of benzene rings is 2. The van der Waals surface area contributed by atoms with Gasteiger partial charge in [-0.25, -0.2) is 4.39 Å². The van der Waals surface area contributed by atoms with Crippen LogP contribution < -0.4 is 10.1 Å². The number of Topliss-reactive ketones (excluding diaryl/α,β-unsaturated/α-hetero) is 1. The van der Waals surface area contributed by atoms with Gasteiger partial charge in [0.15, 0.2) is 5.78 Å². The van der Waals surface area contributed by atoms with E-state index in [0.717, 1.165) is 18.7 Å². The molecular weight excluding hydrogens is 399 g/mol. The maximum Gasteiger partial charge on any atom is 0.220 e. The molecule has 1 aliphatic heterocycles. The van der Waals surface area contributed by atoms with Crippen LogP contribution in [0.4, 0.5) is 4.39 Å². The monoisotopic (exact) mass is 428 g/mol. The molecule has 0 aromatic heterocycles. The Morgan fingerprint density at radius 1 is 1.06 bits per heavy atom. The van der Waals surface area contributed by atoms with Gasteiger partial charge in [0.1, 0.15) is 11.6 Å². The molecule has 2 aromatic carbocycles. The lowest BCUT2D eigenvalue weighted by Gasteiger charge is -2.35. The Morgan fingerprint density at radius 3 is 2.39 bits per heavy atom. The summed E-state index contributed by atoms with van der Waals surface area (Å²) in [6.07, 6.45) is 0.254. The first-order valence-corrected chi connectivity index (χ1v) is 10.7. The summed E-state index contributed by atoms with van der Waals surface area (Å²) >= 11 is 0. The van der Waals surface area contributed by atoms with Crippen molar-refractivity contribution in [3.8, 4) is 5.75 Å². The Balaban J connectivity index is 1.52. The van der Waals surface area contributed by atoms with E-state index >= 15 is 0 Å². The Bertz CT molecular complexity index is 849. The predicted molar refractivity (Wildman–Crippen MR) is 116 cm³/mol. The number of hydrogen-bond donors (Lipinski definition) is 1. The molecule has 3 rings (SSSR count). The number of halogens is 1. The molecule has 1 fully saturated rings. The quantitative estimate of drug-likeness (QED) is 0.588. The molecule has 1 aliphatic rings. The van der Waals surface area contributed by atoms with E-state index in [4.69, 9.17) is 9.47 Å². The molecule has 1 atom stereocenters. The van der Waals surface area contributed by atoms with Gasteiger partial charge in [-0.15, -0.1) is 0 Å². The van der Waals surface area contributed by atoms with E-state index in [0.29, 0.717) is 37.7 Å². The van der Waals surface area contributed by atoms with Crippen molar-refractivity contribution in [1.29, 1.82) is 0 Å². The minimum Gasteiger partial charge on any atom is -0.494 e. The Morgan fingerprint density at radius 2 is 1.74 bits per heavy atom. The highest BCUT2D eigenvalue weighted by atomic mass is 19.1. The third kappa shape index (κ3) is 6.87. The van der Waals surface area contributed by atoms with Gasteiger partial charge in [-0.1, -0.05) is 12.1 Å². The normalized spacial score (nSPS) is 15.3. The second-order valence-corrected chi connectivity index (χ2v) is 7.40. The topological polar surface area (TPSA) is 67.9 Å². The van der Waals surface area contributed by atoms with Crippen LogP contribution in [0.1, 0.15) is 41.7 Å². The van der Waals surface area contributed by atoms with Crippen molar-refractivity contribution < 1.29 is 23.5 Å². The maximum atomic E-state index is 13.3. The summed E-state index contributed by atoms with van der Waals surface area (Å²) in [4.78, 5) is 27.0. The number of ketones is 1. The van der Waals surface area contributed by atoms with Crippen LogP contribution in [0, 0.1) is 5.82 Å². The van der Waals surface area contributed by atoms with E-state index in [-0.39, 0.29) is 36.4 Å². The van der Waals surface area contributed by atoms with Crippen molar-refractivity contribution in [2.45, 2.75) is 25.8 Å². The fraction of sp³-hybridized carbons (Fsp3) is 0.417. The first-order chi connectivity index (χ1) is 15.1. The molecule has 166 valence electrons. The van der Waals surface area contributed by atoms with Crippen LogP contribution >= 0.6 is 0 Å². The van der Waals surface area contributed by atoms with Crippen LogP contribution in [0.25, 0.3) is 0 Å². The lowest BCUT2D eigenvalue weighted by molar-refractivity contribution is -0.121. The van der Waals surface area contributed by atoms with Gasteiger partial charge in [0.2, 0.25) is 5.91 Å². The predicted octanol–water partition coefficient (Wildman–Crippen LogP) is 3.38. The summed E-state index contributed by atoms with van der Waals surface area (Å²) in [6.45, 7) is 5.60. The van der Waals surface area contributed by atoms with E-state index in [1.54, 1.807) is 36.4 Å². The zero-order valence-electron chi connectivity index (χ0n) is 17.8. The molecule has 1 unspecified atom stereocenters. The minimum absolute atomic E-state index is 0.0738. The molecule has 1 heterocycles. The van der Waals surface area contributed by atoms with Crippen molar-refractivity contribution >= 4 is 11.7 Å². The lowest BCUT2D eigenvalue weighted by atomic mass is 10.0. The van der Waals surface area contributed by atoms with Gasteiger partial charge in [0.05, 0.1) is 25.9 Å². The lowest BCUT2D eigenvalue weighted by Crippen LogP contribution is -2.43. The third-order valence-electron chi connectivity index (χ3n) is 5.30. The number of carbonyl (C=O) groups excluding carboxylic acids is 2. The molecule has 2 aromatic rings. The summed E-state index contributed by atoms with van der Waals surface area (Å²) in [7, 11) is 0. The fourth-order valence-electron chi connectivity index (χ4n) is 3.61. The number of carbonyl (C=O) groups is 2. The molecule has 0 aliphatic carbocycles. The van der Waals surface area contributed by atoms with Crippen LogP contribution in [-0.4, -0.2) is 56.0 Å². The van der Waals surface area contributed by atoms with E-state index in [9.17, 15) is 14.0 Å². The third-order valence-corrected chi connectivity index (χ3v) is 5.30. The summed E-state index contributed by atoms with van der Waals surface area (Å²) < 4.78 is 24.1. The number of ether oxygens (including phenoxy) is 2. The van der Waals surface area contributed by atoms with Gasteiger partial charge in [-0.3, -0.25) is 14.5 Å². The minimum atomic E-state index is -0.290. The van der Waals surface area contributed by atoms with E-state index in [1.165, 1.54) is 12.1 Å². The van der Waals surface area contributed by atoms with E-state index in [2.05, 4.69) is 10.2 Å². The molecule has 0 bridgehead atoms. The molecule has 1 saturated heterocycles. The molecule has 31 heavy (non-hydrogen) atoms. The summed E-state index contributed by atoms with van der Waals surface area (Å²) in [6, 6.07) is 13.2. The second kappa shape index (κ2) is 11.6. The van der Waals surface area contributed by atoms with Crippen molar-refractivity contribution in [2.24, 2.45) is 0 Å². The van der Waals surface area contributed by atoms with Crippen LogP contribution in [0.15, 0.2) is 48.5 Å². The zero-order chi connectivity index (χ0) is 22.1. The molecule has 7 heteroatoms. The average molecular weight is 429 g/mol. The van der Waals surface area contributed by atoms with Crippen LogP contribution in [0.5, 0.6) is 5.75 Å². The van der Waals surface area contributed by atoms with Gasteiger partial charge >= 0.3 is 0 Å². The maximum absolute atomic E-state index is 13.3. The van der Waals surface area contributed by atoms with Gasteiger partial charge in [0, 0.05) is 38.0 Å². The molecule has 1 N–H and O–H groups in total. The number of hydrogen-bond acceptors (Lipinski definition) is 5. The van der Waals surface area contributed by atoms with Crippen LogP contribution in [-0.2, 0) is 9.53 Å². The SMILES string of the molecule is CCOc1ccc(C(=O)CCC(=O)NCC(c2ccc(F)cc2)N2CCOCC2)cc1. The first kappa shape index (κ1) is 22.9. The Kier molecular flexibility index (Phi) is 8.55. The van der Waals surface area contributed by atoms with E-state index < -0.39 is 0 Å². The molecule has 0 spiro atoms. The van der Waals surface area contributed by atoms with E-state index in [1.807, 2.05) is 6.92 Å². The number of amides is 1. The number of morpholine rings is 1. The van der Waals surface area contributed by atoms with Gasteiger partial charge in [-0.05, 0) is 48.9 Å². The smallest absolute Gasteiger partial charge is 0.220 e. The van der Waals surface area contributed by atoms with Crippen molar-refractivity contribution in [1.82, 2.24) is 10.2 Å². The fourth-order valence-corrected chi connectivity index (χ4v) is 3.61. The molecular formula is C24H29FN2O4. The van der Waals surface area contributed by atoms with Crippen molar-refractivity contribution in [3.05, 3.63) is 65.5 Å². The zero-order valence-corrected chi connectivity index (χ0v) is 17.8. The number of nitrogens with zero attached hydrogens (tertiary/aromatic N) is 1.